The van der Waals surface area contributed by atoms with Crippen molar-refractivity contribution in [2.45, 2.75) is 58.9 Å². The topological polar surface area (TPSA) is 18.5 Å². The molecule has 0 aromatic heterocycles. The van der Waals surface area contributed by atoms with E-state index in [1.807, 2.05) is 0 Å². The lowest BCUT2D eigenvalue weighted by molar-refractivity contribution is 0.441. The lowest BCUT2D eigenvalue weighted by Crippen LogP contribution is -2.56. The molecule has 0 amide bonds. The molecule has 0 aliphatic rings. The molecule has 0 spiro atoms. The van der Waals surface area contributed by atoms with Gasteiger partial charge in [-0.15, -0.1) is 0 Å². The van der Waals surface area contributed by atoms with E-state index in [0.717, 1.165) is 0 Å². The van der Waals surface area contributed by atoms with E-state index in [4.69, 9.17) is 8.69 Å². The van der Waals surface area contributed by atoms with Gasteiger partial charge in [-0.1, -0.05) is 19.6 Å². The minimum atomic E-state index is -1.50. The van der Waals surface area contributed by atoms with E-state index >= 15 is 0 Å². The predicted octanol–water partition coefficient (Wildman–Crippen LogP) is 3.59. The van der Waals surface area contributed by atoms with Crippen molar-refractivity contribution in [2.24, 2.45) is 0 Å². The second-order valence-electron chi connectivity index (χ2n) is 7.16. The van der Waals surface area contributed by atoms with Crippen LogP contribution in [0.3, 0.4) is 0 Å². The molecule has 0 rings (SSSR count). The molecule has 90 valence electrons. The largest absolute Gasteiger partial charge is 0.457 e. The summed E-state index contributed by atoms with van der Waals surface area (Å²) >= 11 is 0. The van der Waals surface area contributed by atoms with E-state index in [1.165, 1.54) is 0 Å². The van der Waals surface area contributed by atoms with Gasteiger partial charge in [0.25, 0.3) is 0 Å². The average molecular weight is 262 g/mol. The summed E-state index contributed by atoms with van der Waals surface area (Å²) in [6.45, 7) is 20.4. The molecule has 0 saturated carbocycles. The Morgan fingerprint density at radius 1 is 0.600 bits per heavy atom. The van der Waals surface area contributed by atoms with Crippen LogP contribution in [0.2, 0.25) is 58.9 Å². The Morgan fingerprint density at radius 2 is 0.867 bits per heavy atom. The number of hydrogen-bond acceptors (Lipinski definition) is 2. The molecule has 0 radical (unpaired) electrons. The quantitative estimate of drug-likeness (QED) is 0.705. The first-order valence-electron chi connectivity index (χ1n) is 5.67. The summed E-state index contributed by atoms with van der Waals surface area (Å²) < 4.78 is 12.4. The lowest BCUT2D eigenvalue weighted by atomic mass is 10.4. The van der Waals surface area contributed by atoms with Crippen molar-refractivity contribution in [2.75, 3.05) is 0 Å². The van der Waals surface area contributed by atoms with Gasteiger partial charge in [-0.25, -0.2) is 0 Å². The highest BCUT2D eigenvalue weighted by Crippen LogP contribution is 2.18. The minimum Gasteiger partial charge on any atom is -0.457 e. The second kappa shape index (κ2) is 4.87. The van der Waals surface area contributed by atoms with Gasteiger partial charge in [0.1, 0.15) is 0 Å². The van der Waals surface area contributed by atoms with E-state index in [-0.39, 0.29) is 6.71 Å². The van der Waals surface area contributed by atoms with Crippen molar-refractivity contribution in [3.8, 4) is 0 Å². The van der Waals surface area contributed by atoms with Gasteiger partial charge in [-0.3, -0.25) is 0 Å². The molecule has 0 aliphatic carbocycles. The van der Waals surface area contributed by atoms with Crippen molar-refractivity contribution in [3.63, 3.8) is 0 Å². The van der Waals surface area contributed by atoms with Crippen LogP contribution in [0.4, 0.5) is 0 Å². The molecule has 15 heavy (non-hydrogen) atoms. The van der Waals surface area contributed by atoms with Gasteiger partial charge in [-0.05, 0) is 39.3 Å². The zero-order valence-corrected chi connectivity index (χ0v) is 14.9. The third-order valence-corrected chi connectivity index (χ3v) is 5.59. The van der Waals surface area contributed by atoms with Crippen molar-refractivity contribution >= 4 is 31.3 Å². The molecule has 6 heteroatoms. The molecule has 0 aromatic rings. The van der Waals surface area contributed by atoms with Crippen LogP contribution in [0, 0.1) is 0 Å². The standard InChI is InChI=1S/C9H27BO2Si3/c1-13(2,3)10(11-14(4,5)6)12-15(7,8)9/h1-9H3. The van der Waals surface area contributed by atoms with Crippen molar-refractivity contribution < 1.29 is 8.69 Å². The Hall–Kier alpha value is 0.636. The van der Waals surface area contributed by atoms with Gasteiger partial charge in [0.05, 0.1) is 7.94 Å². The molecular formula is C9H27BO2Si3. The Bertz CT molecular complexity index is 187. The first kappa shape index (κ1) is 15.6. The zero-order valence-electron chi connectivity index (χ0n) is 11.9. The van der Waals surface area contributed by atoms with Gasteiger partial charge >= 0.3 is 6.71 Å². The molecule has 0 heterocycles. The first-order valence-corrected chi connectivity index (χ1v) is 16.1. The van der Waals surface area contributed by atoms with Crippen molar-refractivity contribution in [3.05, 3.63) is 0 Å². The summed E-state index contributed by atoms with van der Waals surface area (Å²) in [7, 11) is -4.38. The lowest BCUT2D eigenvalue weighted by Gasteiger charge is -2.35. The van der Waals surface area contributed by atoms with Crippen LogP contribution in [0.5, 0.6) is 0 Å². The van der Waals surface area contributed by atoms with Crippen molar-refractivity contribution in [1.29, 1.82) is 0 Å². The summed E-state index contributed by atoms with van der Waals surface area (Å²) in [4.78, 5) is 0. The van der Waals surface area contributed by atoms with Gasteiger partial charge in [0, 0.05) is 0 Å². The van der Waals surface area contributed by atoms with Crippen LogP contribution in [-0.2, 0) is 8.69 Å². The highest BCUT2D eigenvalue weighted by molar-refractivity contribution is 7.29. The van der Waals surface area contributed by atoms with E-state index in [0.29, 0.717) is 0 Å². The third-order valence-electron chi connectivity index (χ3n) is 1.63. The molecule has 0 fully saturated rings. The minimum absolute atomic E-state index is 0.0795. The maximum absolute atomic E-state index is 6.19. The summed E-state index contributed by atoms with van der Waals surface area (Å²) in [5.74, 6) is 0. The zero-order chi connectivity index (χ0) is 12.5. The Labute approximate surface area is 99.1 Å². The molecule has 0 aromatic carbocycles. The Kier molecular flexibility index (Phi) is 5.08. The third kappa shape index (κ3) is 8.44. The number of hydrogen-bond donors (Lipinski definition) is 0. The second-order valence-corrected chi connectivity index (χ2v) is 21.3. The van der Waals surface area contributed by atoms with Crippen molar-refractivity contribution in [1.82, 2.24) is 0 Å². The Morgan fingerprint density at radius 3 is 1.00 bits per heavy atom. The van der Waals surface area contributed by atoms with Gasteiger partial charge < -0.3 is 8.69 Å². The van der Waals surface area contributed by atoms with Gasteiger partial charge in [0.15, 0.2) is 16.6 Å². The van der Waals surface area contributed by atoms with Crippen LogP contribution in [-0.4, -0.2) is 31.3 Å². The summed E-state index contributed by atoms with van der Waals surface area (Å²) in [6, 6.07) is 0. The van der Waals surface area contributed by atoms with Crippen LogP contribution in [0.25, 0.3) is 0 Å². The molecular weight excluding hydrogens is 235 g/mol. The fourth-order valence-electron chi connectivity index (χ4n) is 1.02. The molecule has 0 unspecified atom stereocenters. The maximum Gasteiger partial charge on any atom is 0.410 e. The van der Waals surface area contributed by atoms with E-state index in [1.54, 1.807) is 0 Å². The fraction of sp³-hybridized carbons (Fsp3) is 1.00. The van der Waals surface area contributed by atoms with Crippen LogP contribution in [0.1, 0.15) is 0 Å². The fourth-order valence-corrected chi connectivity index (χ4v) is 7.45. The van der Waals surface area contributed by atoms with E-state index < -0.39 is 24.6 Å². The molecule has 0 atom stereocenters. The molecule has 0 N–H and O–H groups in total. The van der Waals surface area contributed by atoms with E-state index in [2.05, 4.69) is 58.9 Å². The SMILES string of the molecule is C[Si](C)(C)OB(O[Si](C)(C)C)[Si](C)(C)C. The molecule has 0 aliphatic heterocycles. The summed E-state index contributed by atoms with van der Waals surface area (Å²) in [5.41, 5.74) is 0. The Balaban J connectivity index is 4.62. The van der Waals surface area contributed by atoms with Crippen LogP contribution in [0.15, 0.2) is 0 Å². The van der Waals surface area contributed by atoms with Crippen LogP contribution >= 0.6 is 0 Å². The molecule has 2 nitrogen and oxygen atoms in total. The highest BCUT2D eigenvalue weighted by Gasteiger charge is 2.41. The summed E-state index contributed by atoms with van der Waals surface area (Å²) in [6.07, 6.45) is 0. The highest BCUT2D eigenvalue weighted by atomic mass is 28.4. The first-order chi connectivity index (χ1) is 6.31. The number of rotatable bonds is 5. The molecule has 0 saturated heterocycles. The monoisotopic (exact) mass is 262 g/mol. The van der Waals surface area contributed by atoms with E-state index in [9.17, 15) is 0 Å². The van der Waals surface area contributed by atoms with Crippen LogP contribution < -0.4 is 0 Å². The normalized spacial score (nSPS) is 14.2. The van der Waals surface area contributed by atoms with Gasteiger partial charge in [0.2, 0.25) is 0 Å². The smallest absolute Gasteiger partial charge is 0.410 e. The average Bonchev–Trinajstić information content (AvgIpc) is 1.75. The maximum atomic E-state index is 6.19. The predicted molar refractivity (Wildman–Crippen MR) is 78.0 cm³/mol. The van der Waals surface area contributed by atoms with Gasteiger partial charge in [-0.2, -0.15) is 0 Å². The summed E-state index contributed by atoms with van der Waals surface area (Å²) in [5, 5.41) is 0. The molecule has 0 bridgehead atoms.